The third kappa shape index (κ3) is 6.94. The number of thiazole rings is 1. The molecule has 0 aliphatic carbocycles. The van der Waals surface area contributed by atoms with Gasteiger partial charge in [0.25, 0.3) is 0 Å². The highest BCUT2D eigenvalue weighted by Crippen LogP contribution is 2.19. The first-order valence-electron chi connectivity index (χ1n) is 9.62. The molecule has 2 heterocycles. The highest BCUT2D eigenvalue weighted by Gasteiger charge is 2.27. The summed E-state index contributed by atoms with van der Waals surface area (Å²) in [6, 6.07) is 0. The van der Waals surface area contributed by atoms with Crippen molar-refractivity contribution in [2.75, 3.05) is 33.2 Å². The lowest BCUT2D eigenvalue weighted by atomic mass is 9.98. The molecule has 0 aromatic carbocycles. The Hall–Kier alpha value is -1.14. The number of hydrogen-bond acceptors (Lipinski definition) is 4. The van der Waals surface area contributed by atoms with Gasteiger partial charge < -0.3 is 10.6 Å². The molecule has 0 amide bonds. The van der Waals surface area contributed by atoms with Gasteiger partial charge in [0.2, 0.25) is 0 Å². The molecule has 5 nitrogen and oxygen atoms in total. The van der Waals surface area contributed by atoms with Crippen LogP contribution < -0.4 is 10.6 Å². The molecule has 1 aromatic heterocycles. The Labute approximate surface area is 157 Å². The van der Waals surface area contributed by atoms with E-state index in [0.29, 0.717) is 0 Å². The molecule has 0 bridgehead atoms. The molecule has 1 aliphatic rings. The molecule has 0 unspecified atom stereocenters. The lowest BCUT2D eigenvalue weighted by molar-refractivity contribution is 0.0982. The van der Waals surface area contributed by atoms with Crippen molar-refractivity contribution in [2.45, 2.75) is 64.8 Å². The number of likely N-dealkylation sites (tertiary alicyclic amines) is 1. The normalized spacial score (nSPS) is 16.9. The van der Waals surface area contributed by atoms with Crippen LogP contribution in [0, 0.1) is 6.92 Å². The van der Waals surface area contributed by atoms with E-state index in [0.717, 1.165) is 44.0 Å². The molecular weight excluding hydrogens is 330 g/mol. The van der Waals surface area contributed by atoms with E-state index in [1.165, 1.54) is 37.4 Å². The minimum atomic E-state index is 0.167. The molecule has 1 saturated heterocycles. The third-order valence-electron chi connectivity index (χ3n) is 4.90. The van der Waals surface area contributed by atoms with Crippen LogP contribution in [0.4, 0.5) is 0 Å². The van der Waals surface area contributed by atoms with Gasteiger partial charge >= 0.3 is 0 Å². The van der Waals surface area contributed by atoms with Gasteiger partial charge in [-0.2, -0.15) is 0 Å². The highest BCUT2D eigenvalue weighted by atomic mass is 32.1. The maximum Gasteiger partial charge on any atom is 0.191 e. The van der Waals surface area contributed by atoms with E-state index in [2.05, 4.69) is 51.7 Å². The minimum Gasteiger partial charge on any atom is -0.356 e. The standard InChI is InChI=1S/C19H35N5S/c1-16-14-25-17(23-16)10-6-7-11-21-18(20-4)22-15-19(2,3)24-12-8-5-9-13-24/h14H,5-13,15H2,1-4H3,(H2,20,21,22). The van der Waals surface area contributed by atoms with E-state index in [-0.39, 0.29) is 5.54 Å². The van der Waals surface area contributed by atoms with E-state index in [4.69, 9.17) is 0 Å². The molecule has 6 heteroatoms. The summed E-state index contributed by atoms with van der Waals surface area (Å²) in [7, 11) is 1.85. The first-order chi connectivity index (χ1) is 12.0. The van der Waals surface area contributed by atoms with Crippen LogP contribution >= 0.6 is 11.3 Å². The van der Waals surface area contributed by atoms with Crippen LogP contribution in [0.2, 0.25) is 0 Å². The van der Waals surface area contributed by atoms with Crippen LogP contribution in [0.15, 0.2) is 10.4 Å². The van der Waals surface area contributed by atoms with Crippen LogP contribution in [-0.2, 0) is 6.42 Å². The minimum absolute atomic E-state index is 0.167. The quantitative estimate of drug-likeness (QED) is 0.422. The maximum atomic E-state index is 4.52. The molecule has 0 atom stereocenters. The average Bonchev–Trinajstić information content (AvgIpc) is 3.03. The molecule has 2 rings (SSSR count). The Kier molecular flexibility index (Phi) is 8.16. The fraction of sp³-hybridized carbons (Fsp3) is 0.789. The number of hydrogen-bond donors (Lipinski definition) is 2. The van der Waals surface area contributed by atoms with E-state index in [1.54, 1.807) is 11.3 Å². The summed E-state index contributed by atoms with van der Waals surface area (Å²) in [4.78, 5) is 11.5. The van der Waals surface area contributed by atoms with Gasteiger partial charge in [-0.1, -0.05) is 6.42 Å². The zero-order valence-corrected chi connectivity index (χ0v) is 17.2. The first-order valence-corrected chi connectivity index (χ1v) is 10.5. The second-order valence-electron chi connectivity index (χ2n) is 7.55. The fourth-order valence-electron chi connectivity index (χ4n) is 3.26. The molecule has 2 N–H and O–H groups in total. The Bertz CT molecular complexity index is 532. The molecule has 1 aromatic rings. The Morgan fingerprint density at radius 3 is 2.64 bits per heavy atom. The summed E-state index contributed by atoms with van der Waals surface area (Å²) in [5.41, 5.74) is 1.31. The van der Waals surface area contributed by atoms with E-state index in [1.807, 2.05) is 7.05 Å². The topological polar surface area (TPSA) is 52.6 Å². The predicted molar refractivity (Wildman–Crippen MR) is 109 cm³/mol. The summed E-state index contributed by atoms with van der Waals surface area (Å²) < 4.78 is 0. The predicted octanol–water partition coefficient (Wildman–Crippen LogP) is 3.20. The van der Waals surface area contributed by atoms with E-state index < -0.39 is 0 Å². The van der Waals surface area contributed by atoms with Crippen LogP contribution in [-0.4, -0.2) is 54.6 Å². The van der Waals surface area contributed by atoms with Gasteiger partial charge in [-0.25, -0.2) is 4.98 Å². The number of rotatable bonds is 8. The summed E-state index contributed by atoms with van der Waals surface area (Å²) in [5.74, 6) is 0.912. The largest absolute Gasteiger partial charge is 0.356 e. The third-order valence-corrected chi connectivity index (χ3v) is 5.93. The second kappa shape index (κ2) is 10.1. The first kappa shape index (κ1) is 20.2. The van der Waals surface area contributed by atoms with Crippen LogP contribution in [0.5, 0.6) is 0 Å². The summed E-state index contributed by atoms with van der Waals surface area (Å²) >= 11 is 1.77. The fourth-order valence-corrected chi connectivity index (χ4v) is 4.08. The van der Waals surface area contributed by atoms with Crippen LogP contribution in [0.1, 0.15) is 56.7 Å². The Balaban J connectivity index is 1.62. The van der Waals surface area contributed by atoms with Gasteiger partial charge in [-0.3, -0.25) is 9.89 Å². The zero-order valence-electron chi connectivity index (χ0n) is 16.4. The van der Waals surface area contributed by atoms with Gasteiger partial charge in [0.1, 0.15) is 0 Å². The lowest BCUT2D eigenvalue weighted by Crippen LogP contribution is -2.54. The van der Waals surface area contributed by atoms with Gasteiger partial charge in [0.05, 0.1) is 5.01 Å². The van der Waals surface area contributed by atoms with Crippen molar-refractivity contribution in [2.24, 2.45) is 4.99 Å². The number of piperidine rings is 1. The SMILES string of the molecule is CN=C(NCCCCc1nc(C)cs1)NCC(C)(C)N1CCCCC1. The number of aromatic nitrogens is 1. The smallest absolute Gasteiger partial charge is 0.191 e. The van der Waals surface area contributed by atoms with E-state index in [9.17, 15) is 0 Å². The van der Waals surface area contributed by atoms with Gasteiger partial charge in [-0.15, -0.1) is 11.3 Å². The molecule has 0 spiro atoms. The Morgan fingerprint density at radius 1 is 1.24 bits per heavy atom. The van der Waals surface area contributed by atoms with Crippen molar-refractivity contribution in [3.8, 4) is 0 Å². The van der Waals surface area contributed by atoms with Gasteiger partial charge in [0, 0.05) is 36.8 Å². The number of aliphatic imine (C=N–C) groups is 1. The summed E-state index contributed by atoms with van der Waals surface area (Å²) in [6.45, 7) is 11.0. The van der Waals surface area contributed by atoms with Crippen molar-refractivity contribution in [1.29, 1.82) is 0 Å². The van der Waals surface area contributed by atoms with Crippen molar-refractivity contribution in [3.63, 3.8) is 0 Å². The molecule has 0 saturated carbocycles. The maximum absolute atomic E-state index is 4.52. The Morgan fingerprint density at radius 2 is 2.00 bits per heavy atom. The van der Waals surface area contributed by atoms with Crippen molar-refractivity contribution >= 4 is 17.3 Å². The number of guanidine groups is 1. The molecule has 0 radical (unpaired) electrons. The monoisotopic (exact) mass is 365 g/mol. The van der Waals surface area contributed by atoms with Crippen LogP contribution in [0.25, 0.3) is 0 Å². The molecule has 1 aliphatic heterocycles. The zero-order chi connectivity index (χ0) is 18.1. The summed E-state index contributed by atoms with van der Waals surface area (Å²) in [6.07, 6.45) is 7.41. The van der Waals surface area contributed by atoms with Crippen molar-refractivity contribution in [3.05, 3.63) is 16.1 Å². The molecule has 25 heavy (non-hydrogen) atoms. The van der Waals surface area contributed by atoms with Crippen molar-refractivity contribution in [1.82, 2.24) is 20.5 Å². The second-order valence-corrected chi connectivity index (χ2v) is 8.50. The number of nitrogens with one attached hydrogen (secondary N) is 2. The molecule has 1 fully saturated rings. The number of unbranched alkanes of at least 4 members (excludes halogenated alkanes) is 1. The van der Waals surface area contributed by atoms with E-state index >= 15 is 0 Å². The highest BCUT2D eigenvalue weighted by molar-refractivity contribution is 7.09. The number of nitrogens with zero attached hydrogens (tertiary/aromatic N) is 3. The van der Waals surface area contributed by atoms with Crippen LogP contribution in [0.3, 0.4) is 0 Å². The number of aryl methyl sites for hydroxylation is 2. The van der Waals surface area contributed by atoms with Crippen molar-refractivity contribution < 1.29 is 0 Å². The molecule has 142 valence electrons. The average molecular weight is 366 g/mol. The summed E-state index contributed by atoms with van der Waals surface area (Å²) in [5, 5.41) is 10.3. The lowest BCUT2D eigenvalue weighted by Gasteiger charge is -2.41. The molecular formula is C19H35N5S. The van der Waals surface area contributed by atoms with Gasteiger partial charge in [0.15, 0.2) is 5.96 Å². The van der Waals surface area contributed by atoms with Gasteiger partial charge in [-0.05, 0) is 66.0 Å².